The molecule has 10 nitrogen and oxygen atoms in total. The van der Waals surface area contributed by atoms with E-state index < -0.39 is 36.7 Å². The van der Waals surface area contributed by atoms with Crippen LogP contribution in [0.1, 0.15) is 26.0 Å². The molecule has 27 heavy (non-hydrogen) atoms. The average molecular weight is 377 g/mol. The van der Waals surface area contributed by atoms with Gasteiger partial charge in [-0.05, 0) is 25.8 Å². The monoisotopic (exact) mass is 377 g/mol. The van der Waals surface area contributed by atoms with Crippen LogP contribution in [0.15, 0.2) is 18.6 Å². The summed E-state index contributed by atoms with van der Waals surface area (Å²) in [6, 6.07) is 1.38. The van der Waals surface area contributed by atoms with Gasteiger partial charge in [0, 0.05) is 12.7 Å². The van der Waals surface area contributed by atoms with Crippen LogP contribution < -0.4 is 10.6 Å². The van der Waals surface area contributed by atoms with Crippen molar-refractivity contribution in [3.63, 3.8) is 0 Å². The highest BCUT2D eigenvalue weighted by Gasteiger charge is 2.53. The van der Waals surface area contributed by atoms with Gasteiger partial charge >= 0.3 is 0 Å². The molecule has 0 saturated carbocycles. The van der Waals surface area contributed by atoms with Gasteiger partial charge in [-0.3, -0.25) is 9.36 Å². The number of aliphatic hydroxyl groups is 3. The highest BCUT2D eigenvalue weighted by atomic mass is 16.6. The topological polar surface area (TPSA) is 147 Å². The van der Waals surface area contributed by atoms with Crippen molar-refractivity contribution in [3.8, 4) is 0 Å². The van der Waals surface area contributed by atoms with Crippen molar-refractivity contribution in [2.24, 2.45) is 5.73 Å². The van der Waals surface area contributed by atoms with Crippen LogP contribution in [0.4, 0.5) is 5.69 Å². The molecule has 0 spiro atoms. The number of aromatic nitrogens is 3. The van der Waals surface area contributed by atoms with E-state index in [4.69, 9.17) is 10.5 Å². The largest absolute Gasteiger partial charge is 0.394 e. The van der Waals surface area contributed by atoms with Crippen LogP contribution >= 0.6 is 0 Å². The summed E-state index contributed by atoms with van der Waals surface area (Å²) >= 11 is 0. The number of hydrogen-bond donors (Lipinski definition) is 4. The summed E-state index contributed by atoms with van der Waals surface area (Å²) in [5.74, 6) is -0.382. The van der Waals surface area contributed by atoms with Crippen molar-refractivity contribution in [1.29, 1.82) is 0 Å². The Morgan fingerprint density at radius 1 is 1.48 bits per heavy atom. The van der Waals surface area contributed by atoms with E-state index in [0.29, 0.717) is 24.1 Å². The lowest BCUT2D eigenvalue weighted by molar-refractivity contribution is -0.119. The number of primary amides is 1. The maximum absolute atomic E-state index is 11.8. The zero-order valence-electron chi connectivity index (χ0n) is 14.9. The zero-order chi connectivity index (χ0) is 19.3. The van der Waals surface area contributed by atoms with Gasteiger partial charge in [0.1, 0.15) is 29.4 Å². The molecule has 2 aliphatic rings. The normalized spacial score (nSPS) is 33.9. The minimum absolute atomic E-state index is 0.382. The number of fused-ring (bicyclic) bond motifs is 1. The smallest absolute Gasteiger partial charge is 0.240 e. The van der Waals surface area contributed by atoms with E-state index in [1.807, 2.05) is 4.90 Å². The van der Waals surface area contributed by atoms with Crippen LogP contribution in [0.25, 0.3) is 11.2 Å². The summed E-state index contributed by atoms with van der Waals surface area (Å²) in [4.78, 5) is 22.4. The maximum Gasteiger partial charge on any atom is 0.240 e. The number of hydrogen-bond acceptors (Lipinski definition) is 8. The summed E-state index contributed by atoms with van der Waals surface area (Å²) in [6.45, 7) is 1.70. The van der Waals surface area contributed by atoms with E-state index in [1.165, 1.54) is 17.8 Å². The molecule has 0 aromatic carbocycles. The van der Waals surface area contributed by atoms with E-state index in [9.17, 15) is 20.1 Å². The predicted octanol–water partition coefficient (Wildman–Crippen LogP) is -1.11. The first kappa shape index (κ1) is 18.1. The third-order valence-corrected chi connectivity index (χ3v) is 5.52. The molecule has 2 aliphatic heterocycles. The van der Waals surface area contributed by atoms with E-state index >= 15 is 0 Å². The molecule has 0 radical (unpaired) electrons. The standard InChI is InChI=1S/C17H23N5O5/c1-17(26)13(24)11(7-23)27-16(17)22-8-20-12-9(4-5-19-15(12)22)21-6-2-3-10(21)14(18)25/h4-5,8,10-11,13,16,23-24,26H,2-3,6-7H2,1H3,(H2,18,25)/t10?,11-,13-,16-,17-/m1/s1. The van der Waals surface area contributed by atoms with Gasteiger partial charge in [-0.2, -0.15) is 0 Å². The average Bonchev–Trinajstić information content (AvgIpc) is 3.33. The minimum Gasteiger partial charge on any atom is -0.394 e. The Kier molecular flexibility index (Phi) is 4.30. The number of amides is 1. The fraction of sp³-hybridized carbons (Fsp3) is 0.588. The van der Waals surface area contributed by atoms with Gasteiger partial charge in [0.25, 0.3) is 0 Å². The number of aliphatic hydroxyl groups excluding tert-OH is 2. The van der Waals surface area contributed by atoms with Crippen LogP contribution in [-0.2, 0) is 9.53 Å². The van der Waals surface area contributed by atoms with Gasteiger partial charge in [0.2, 0.25) is 5.91 Å². The lowest BCUT2D eigenvalue weighted by Gasteiger charge is -2.27. The quantitative estimate of drug-likeness (QED) is 0.524. The number of ether oxygens (including phenoxy) is 1. The molecule has 4 heterocycles. The molecular weight excluding hydrogens is 354 g/mol. The summed E-state index contributed by atoms with van der Waals surface area (Å²) < 4.78 is 7.20. The van der Waals surface area contributed by atoms with Crippen molar-refractivity contribution >= 4 is 22.8 Å². The van der Waals surface area contributed by atoms with Crippen molar-refractivity contribution in [2.45, 2.75) is 49.8 Å². The number of carbonyl (C=O) groups is 1. The molecule has 5 atom stereocenters. The summed E-state index contributed by atoms with van der Waals surface area (Å²) in [5, 5.41) is 30.3. The van der Waals surface area contributed by atoms with Gasteiger partial charge in [-0.15, -0.1) is 0 Å². The number of carbonyl (C=O) groups excluding carboxylic acids is 1. The van der Waals surface area contributed by atoms with Crippen LogP contribution in [0, 0.1) is 0 Å². The van der Waals surface area contributed by atoms with Crippen molar-refractivity contribution in [2.75, 3.05) is 18.1 Å². The molecule has 1 amide bonds. The molecule has 0 aliphatic carbocycles. The van der Waals surface area contributed by atoms with E-state index in [2.05, 4.69) is 9.97 Å². The van der Waals surface area contributed by atoms with Crippen molar-refractivity contribution in [3.05, 3.63) is 18.6 Å². The molecule has 2 fully saturated rings. The number of anilines is 1. The van der Waals surface area contributed by atoms with Crippen molar-refractivity contribution in [1.82, 2.24) is 14.5 Å². The predicted molar refractivity (Wildman–Crippen MR) is 94.7 cm³/mol. The summed E-state index contributed by atoms with van der Waals surface area (Å²) in [6.07, 6.45) is 1.46. The Morgan fingerprint density at radius 3 is 2.93 bits per heavy atom. The number of rotatable bonds is 4. The van der Waals surface area contributed by atoms with Gasteiger partial charge in [0.05, 0.1) is 18.6 Å². The van der Waals surface area contributed by atoms with Gasteiger partial charge in [-0.25, -0.2) is 9.97 Å². The van der Waals surface area contributed by atoms with Crippen LogP contribution in [0.3, 0.4) is 0 Å². The Morgan fingerprint density at radius 2 is 2.26 bits per heavy atom. The molecule has 5 N–H and O–H groups in total. The summed E-state index contributed by atoms with van der Waals surface area (Å²) in [7, 11) is 0. The van der Waals surface area contributed by atoms with E-state index in [1.54, 1.807) is 12.3 Å². The molecule has 1 unspecified atom stereocenters. The first-order valence-electron chi connectivity index (χ1n) is 8.90. The fourth-order valence-electron chi connectivity index (χ4n) is 4.06. The first-order chi connectivity index (χ1) is 12.9. The Bertz CT molecular complexity index is 869. The maximum atomic E-state index is 11.8. The number of pyridine rings is 1. The Balaban J connectivity index is 1.77. The van der Waals surface area contributed by atoms with Gasteiger partial charge in [-0.1, -0.05) is 0 Å². The number of nitrogens with two attached hydrogens (primary N) is 1. The third kappa shape index (κ3) is 2.67. The molecule has 146 valence electrons. The third-order valence-electron chi connectivity index (χ3n) is 5.52. The molecular formula is C17H23N5O5. The second-order valence-corrected chi connectivity index (χ2v) is 7.29. The van der Waals surface area contributed by atoms with Gasteiger partial charge < -0.3 is 30.7 Å². The van der Waals surface area contributed by atoms with Crippen molar-refractivity contribution < 1.29 is 24.9 Å². The number of nitrogens with zero attached hydrogens (tertiary/aromatic N) is 4. The van der Waals surface area contributed by atoms with Crippen LogP contribution in [0.2, 0.25) is 0 Å². The lowest BCUT2D eigenvalue weighted by Crippen LogP contribution is -2.44. The SMILES string of the molecule is C[C@@]1(O)[C@H](O)[C@@H](CO)O[C@H]1n1cnc2c(N3CCCC3C(N)=O)ccnc21. The van der Waals surface area contributed by atoms with Gasteiger partial charge in [0.15, 0.2) is 11.9 Å². The lowest BCUT2D eigenvalue weighted by atomic mass is 9.96. The molecule has 2 aromatic rings. The van der Waals surface area contributed by atoms with Crippen LogP contribution in [0.5, 0.6) is 0 Å². The Hall–Kier alpha value is -2.27. The Labute approximate surface area is 155 Å². The molecule has 2 aromatic heterocycles. The summed E-state index contributed by atoms with van der Waals surface area (Å²) in [5.41, 5.74) is 5.62. The number of imidazole rings is 1. The molecule has 0 bridgehead atoms. The van der Waals surface area contributed by atoms with E-state index in [0.717, 1.165) is 12.1 Å². The fourth-order valence-corrected chi connectivity index (χ4v) is 4.06. The highest BCUT2D eigenvalue weighted by molar-refractivity contribution is 5.91. The molecule has 10 heteroatoms. The zero-order valence-corrected chi connectivity index (χ0v) is 14.9. The van der Waals surface area contributed by atoms with Crippen LogP contribution in [-0.4, -0.2) is 72.8 Å². The second-order valence-electron chi connectivity index (χ2n) is 7.29. The second kappa shape index (κ2) is 6.41. The molecule has 4 rings (SSSR count). The first-order valence-corrected chi connectivity index (χ1v) is 8.90. The molecule has 2 saturated heterocycles. The van der Waals surface area contributed by atoms with E-state index in [-0.39, 0.29) is 5.91 Å². The minimum atomic E-state index is -1.64. The highest BCUT2D eigenvalue weighted by Crippen LogP contribution is 2.40.